The van der Waals surface area contributed by atoms with Gasteiger partial charge >= 0.3 is 5.97 Å². The van der Waals surface area contributed by atoms with E-state index in [2.05, 4.69) is 0 Å². The summed E-state index contributed by atoms with van der Waals surface area (Å²) in [5, 5.41) is 18.9. The van der Waals surface area contributed by atoms with Crippen molar-refractivity contribution < 1.29 is 19.8 Å². The second kappa shape index (κ2) is 7.83. The van der Waals surface area contributed by atoms with Crippen LogP contribution < -0.4 is 0 Å². The van der Waals surface area contributed by atoms with Crippen molar-refractivity contribution in [3.05, 3.63) is 47.5 Å². The van der Waals surface area contributed by atoms with Crippen LogP contribution >= 0.6 is 0 Å². The van der Waals surface area contributed by atoms with Gasteiger partial charge in [0.15, 0.2) is 0 Å². The minimum absolute atomic E-state index is 0.0552. The fourth-order valence-corrected chi connectivity index (χ4v) is 3.34. The Morgan fingerprint density at radius 2 is 1.96 bits per heavy atom. The van der Waals surface area contributed by atoms with E-state index >= 15 is 0 Å². The van der Waals surface area contributed by atoms with Gasteiger partial charge in [-0.15, -0.1) is 0 Å². The maximum atomic E-state index is 12.1. The molecule has 1 unspecified atom stereocenters. The van der Waals surface area contributed by atoms with Gasteiger partial charge in [-0.25, -0.2) is 4.79 Å². The van der Waals surface area contributed by atoms with Gasteiger partial charge < -0.3 is 15.1 Å². The number of carbonyl (C=O) groups excluding carboxylic acids is 1. The van der Waals surface area contributed by atoms with Crippen molar-refractivity contribution in [2.45, 2.75) is 50.7 Å². The highest BCUT2D eigenvalue weighted by Gasteiger charge is 2.29. The fourth-order valence-electron chi connectivity index (χ4n) is 3.34. The molecule has 1 aliphatic carbocycles. The Morgan fingerprint density at radius 3 is 2.60 bits per heavy atom. The van der Waals surface area contributed by atoms with Gasteiger partial charge in [-0.05, 0) is 42.9 Å². The van der Waals surface area contributed by atoms with Crippen LogP contribution in [0, 0.1) is 5.92 Å². The van der Waals surface area contributed by atoms with E-state index in [4.69, 9.17) is 5.11 Å². The first-order valence-electron chi connectivity index (χ1n) is 9.01. The monoisotopic (exact) mass is 343 g/mol. The number of aromatic carboxylic acids is 1. The zero-order valence-corrected chi connectivity index (χ0v) is 14.3. The summed E-state index contributed by atoms with van der Waals surface area (Å²) in [6.45, 7) is 0.610. The zero-order chi connectivity index (χ0) is 17.8. The van der Waals surface area contributed by atoms with Gasteiger partial charge in [0, 0.05) is 13.0 Å². The molecule has 1 saturated carbocycles. The van der Waals surface area contributed by atoms with Crippen molar-refractivity contribution in [2.24, 2.45) is 5.92 Å². The average Bonchev–Trinajstić information content (AvgIpc) is 3.33. The summed E-state index contributed by atoms with van der Waals surface area (Å²) < 4.78 is 0. The summed E-state index contributed by atoms with van der Waals surface area (Å²) in [6, 6.07) is 6.84. The van der Waals surface area contributed by atoms with Crippen molar-refractivity contribution in [1.29, 1.82) is 0 Å². The SMILES string of the molecule is O=C(O)c1ccc(CCN2C(=O)CC[C@@H]2/C=C/C(O)CC2CC2)cc1. The number of carboxylic acid groups (broad SMARTS) is 1. The summed E-state index contributed by atoms with van der Waals surface area (Å²) in [4.78, 5) is 24.9. The molecule has 2 N–H and O–H groups in total. The van der Waals surface area contributed by atoms with E-state index in [1.165, 1.54) is 12.8 Å². The standard InChI is InChI=1S/C20H25NO4/c22-18(13-15-1-2-15)9-7-17-8-10-19(23)21(17)12-11-14-3-5-16(6-4-14)20(24)25/h3-7,9,15,17-18,22H,1-2,8,10-13H2,(H,24,25)/b9-7+/t17-,18?/m0/s1. The molecule has 3 rings (SSSR count). The van der Waals surface area contributed by atoms with E-state index in [9.17, 15) is 14.7 Å². The van der Waals surface area contributed by atoms with Gasteiger partial charge in [-0.1, -0.05) is 37.1 Å². The molecule has 1 aromatic rings. The number of nitrogens with zero attached hydrogens (tertiary/aromatic N) is 1. The summed E-state index contributed by atoms with van der Waals surface area (Å²) >= 11 is 0. The number of hydrogen-bond acceptors (Lipinski definition) is 3. The third-order valence-corrected chi connectivity index (χ3v) is 5.04. The van der Waals surface area contributed by atoms with E-state index in [0.29, 0.717) is 25.3 Å². The van der Waals surface area contributed by atoms with Gasteiger partial charge in [0.05, 0.1) is 17.7 Å². The van der Waals surface area contributed by atoms with Crippen LogP contribution in [0.2, 0.25) is 0 Å². The number of aliphatic hydroxyl groups excluding tert-OH is 1. The Kier molecular flexibility index (Phi) is 5.53. The van der Waals surface area contributed by atoms with Crippen LogP contribution in [0.3, 0.4) is 0 Å². The number of hydrogen-bond donors (Lipinski definition) is 2. The number of rotatable bonds is 8. The number of likely N-dealkylation sites (tertiary alicyclic amines) is 1. The smallest absolute Gasteiger partial charge is 0.335 e. The quantitative estimate of drug-likeness (QED) is 0.711. The molecule has 2 fully saturated rings. The maximum Gasteiger partial charge on any atom is 0.335 e. The van der Waals surface area contributed by atoms with Gasteiger partial charge in [-0.3, -0.25) is 4.79 Å². The normalized spacial score (nSPS) is 21.9. The molecule has 1 aromatic carbocycles. The molecule has 2 atom stereocenters. The summed E-state index contributed by atoms with van der Waals surface area (Å²) in [6.07, 6.45) is 8.72. The molecule has 25 heavy (non-hydrogen) atoms. The van der Waals surface area contributed by atoms with Gasteiger partial charge in [0.1, 0.15) is 0 Å². The molecular formula is C20H25NO4. The second-order valence-corrected chi connectivity index (χ2v) is 7.08. The Morgan fingerprint density at radius 1 is 1.24 bits per heavy atom. The molecular weight excluding hydrogens is 318 g/mol. The minimum atomic E-state index is -0.934. The highest BCUT2D eigenvalue weighted by molar-refractivity contribution is 5.87. The summed E-state index contributed by atoms with van der Waals surface area (Å²) in [7, 11) is 0. The van der Waals surface area contributed by atoms with Crippen LogP contribution in [-0.2, 0) is 11.2 Å². The molecule has 134 valence electrons. The van der Waals surface area contributed by atoms with Crippen LogP contribution in [0.15, 0.2) is 36.4 Å². The van der Waals surface area contributed by atoms with E-state index in [1.54, 1.807) is 24.3 Å². The molecule has 0 radical (unpaired) electrons. The lowest BCUT2D eigenvalue weighted by atomic mass is 10.1. The van der Waals surface area contributed by atoms with Gasteiger partial charge in [-0.2, -0.15) is 0 Å². The lowest BCUT2D eigenvalue weighted by Gasteiger charge is -2.22. The van der Waals surface area contributed by atoms with Crippen LogP contribution in [0.1, 0.15) is 48.0 Å². The number of carboxylic acids is 1. The molecule has 1 heterocycles. The molecule has 0 aromatic heterocycles. The number of benzene rings is 1. The average molecular weight is 343 g/mol. The van der Waals surface area contributed by atoms with E-state index in [-0.39, 0.29) is 17.5 Å². The molecule has 1 amide bonds. The molecule has 5 heteroatoms. The summed E-state index contributed by atoms with van der Waals surface area (Å²) in [5.74, 6) is -0.112. The molecule has 0 spiro atoms. The number of amides is 1. The van der Waals surface area contributed by atoms with Crippen LogP contribution in [0.5, 0.6) is 0 Å². The largest absolute Gasteiger partial charge is 0.478 e. The molecule has 5 nitrogen and oxygen atoms in total. The molecule has 0 bridgehead atoms. The lowest BCUT2D eigenvalue weighted by molar-refractivity contribution is -0.128. The Bertz CT molecular complexity index is 648. The van der Waals surface area contributed by atoms with Gasteiger partial charge in [0.25, 0.3) is 0 Å². The second-order valence-electron chi connectivity index (χ2n) is 7.08. The van der Waals surface area contributed by atoms with Crippen molar-refractivity contribution in [3.8, 4) is 0 Å². The maximum absolute atomic E-state index is 12.1. The van der Waals surface area contributed by atoms with Crippen molar-refractivity contribution in [1.82, 2.24) is 4.90 Å². The molecule has 2 aliphatic rings. The first-order valence-corrected chi connectivity index (χ1v) is 9.01. The van der Waals surface area contributed by atoms with Crippen LogP contribution in [-0.4, -0.2) is 45.7 Å². The third-order valence-electron chi connectivity index (χ3n) is 5.04. The minimum Gasteiger partial charge on any atom is -0.478 e. The van der Waals surface area contributed by atoms with E-state index in [1.807, 2.05) is 17.1 Å². The van der Waals surface area contributed by atoms with Crippen LogP contribution in [0.4, 0.5) is 0 Å². The first-order chi connectivity index (χ1) is 12.0. The predicted molar refractivity (Wildman–Crippen MR) is 94.3 cm³/mol. The lowest BCUT2D eigenvalue weighted by Crippen LogP contribution is -2.33. The first kappa shape index (κ1) is 17.7. The topological polar surface area (TPSA) is 77.8 Å². The Labute approximate surface area is 148 Å². The Hall–Kier alpha value is -2.14. The van der Waals surface area contributed by atoms with Gasteiger partial charge in [0.2, 0.25) is 5.91 Å². The highest BCUT2D eigenvalue weighted by Crippen LogP contribution is 2.33. The van der Waals surface area contributed by atoms with Crippen LogP contribution in [0.25, 0.3) is 0 Å². The number of aliphatic hydroxyl groups is 1. The van der Waals surface area contributed by atoms with E-state index < -0.39 is 12.1 Å². The molecule has 1 saturated heterocycles. The predicted octanol–water partition coefficient (Wildman–Crippen LogP) is 2.64. The molecule has 1 aliphatic heterocycles. The van der Waals surface area contributed by atoms with Crippen molar-refractivity contribution in [2.75, 3.05) is 6.54 Å². The van der Waals surface area contributed by atoms with Crippen molar-refractivity contribution in [3.63, 3.8) is 0 Å². The third kappa shape index (κ3) is 4.92. The van der Waals surface area contributed by atoms with Crippen molar-refractivity contribution >= 4 is 11.9 Å². The van der Waals surface area contributed by atoms with E-state index in [0.717, 1.165) is 18.4 Å². The zero-order valence-electron chi connectivity index (χ0n) is 14.3. The fraction of sp³-hybridized carbons (Fsp3) is 0.500. The highest BCUT2D eigenvalue weighted by atomic mass is 16.4. The summed E-state index contributed by atoms with van der Waals surface area (Å²) in [5.41, 5.74) is 1.28. The number of carbonyl (C=O) groups is 2. The Balaban J connectivity index is 1.54.